The van der Waals surface area contributed by atoms with Crippen molar-refractivity contribution in [3.8, 4) is 16.9 Å². The number of halogens is 2. The average Bonchev–Trinajstić information content (AvgIpc) is 2.98. The third kappa shape index (κ3) is 6.87. The molecule has 3 amide bonds. The predicted molar refractivity (Wildman–Crippen MR) is 163 cm³/mol. The van der Waals surface area contributed by atoms with Crippen LogP contribution in [0.4, 0.5) is 11.4 Å². The number of rotatable bonds is 8. The van der Waals surface area contributed by atoms with Crippen LogP contribution in [0.15, 0.2) is 60.7 Å². The van der Waals surface area contributed by atoms with Gasteiger partial charge in [0.1, 0.15) is 11.8 Å². The van der Waals surface area contributed by atoms with Crippen LogP contribution in [0, 0.1) is 0 Å². The Hall–Kier alpha value is -3.63. The fourth-order valence-corrected chi connectivity index (χ4v) is 5.44. The maximum Gasteiger partial charge on any atom is 0.265 e. The highest BCUT2D eigenvalue weighted by molar-refractivity contribution is 6.42. The zero-order chi connectivity index (χ0) is 29.8. The number of morpholine rings is 1. The van der Waals surface area contributed by atoms with Crippen LogP contribution >= 0.6 is 23.2 Å². The van der Waals surface area contributed by atoms with E-state index in [0.717, 1.165) is 35.5 Å². The van der Waals surface area contributed by atoms with Crippen molar-refractivity contribution in [3.05, 3.63) is 76.3 Å². The summed E-state index contributed by atoms with van der Waals surface area (Å²) in [6.45, 7) is 6.33. The highest BCUT2D eigenvalue weighted by Gasteiger charge is 2.35. The zero-order valence-corrected chi connectivity index (χ0v) is 24.9. The van der Waals surface area contributed by atoms with Crippen LogP contribution in [0.5, 0.6) is 5.75 Å². The summed E-state index contributed by atoms with van der Waals surface area (Å²) in [6.07, 6.45) is 0. The molecule has 0 spiro atoms. The molecule has 1 saturated heterocycles. The first kappa shape index (κ1) is 29.8. The van der Waals surface area contributed by atoms with Crippen LogP contribution < -0.4 is 20.3 Å². The van der Waals surface area contributed by atoms with Crippen molar-refractivity contribution in [1.29, 1.82) is 0 Å². The monoisotopic (exact) mass is 610 g/mol. The minimum atomic E-state index is -0.828. The Morgan fingerprint density at radius 2 is 1.57 bits per heavy atom. The molecule has 3 aromatic carbocycles. The number of amides is 3. The molecule has 0 aliphatic carbocycles. The van der Waals surface area contributed by atoms with Gasteiger partial charge in [-0.3, -0.25) is 24.2 Å². The average molecular weight is 612 g/mol. The minimum Gasteiger partial charge on any atom is -0.482 e. The molecule has 0 aromatic heterocycles. The molecule has 2 aliphatic heterocycles. The molecule has 5 rings (SSSR count). The van der Waals surface area contributed by atoms with E-state index in [2.05, 4.69) is 15.5 Å². The van der Waals surface area contributed by atoms with Crippen LogP contribution in [-0.4, -0.2) is 68.1 Å². The maximum absolute atomic E-state index is 13.7. The number of anilines is 2. The van der Waals surface area contributed by atoms with Crippen LogP contribution in [-0.2, 0) is 19.1 Å². The molecule has 42 heavy (non-hydrogen) atoms. The molecule has 2 N–H and O–H groups in total. The van der Waals surface area contributed by atoms with E-state index < -0.39 is 6.04 Å². The first-order valence-corrected chi connectivity index (χ1v) is 14.5. The topological polar surface area (TPSA) is 100 Å². The number of nitrogens with one attached hydrogen (secondary N) is 2. The summed E-state index contributed by atoms with van der Waals surface area (Å²) < 4.78 is 11.1. The Labute approximate surface area is 254 Å². The van der Waals surface area contributed by atoms with E-state index in [9.17, 15) is 14.4 Å². The van der Waals surface area contributed by atoms with Gasteiger partial charge in [0.2, 0.25) is 11.8 Å². The lowest BCUT2D eigenvalue weighted by molar-refractivity contribution is -0.128. The number of ether oxygens (including phenoxy) is 2. The molecule has 2 unspecified atom stereocenters. The van der Waals surface area contributed by atoms with Crippen molar-refractivity contribution in [3.63, 3.8) is 0 Å². The second-order valence-corrected chi connectivity index (χ2v) is 11.1. The molecule has 11 heteroatoms. The molecule has 0 bridgehead atoms. The van der Waals surface area contributed by atoms with Crippen LogP contribution in [0.3, 0.4) is 0 Å². The summed E-state index contributed by atoms with van der Waals surface area (Å²) in [5, 5.41) is 6.53. The molecule has 2 atom stereocenters. The van der Waals surface area contributed by atoms with Crippen LogP contribution in [0.1, 0.15) is 25.5 Å². The lowest BCUT2D eigenvalue weighted by Crippen LogP contribution is -2.53. The zero-order valence-electron chi connectivity index (χ0n) is 23.4. The Kier molecular flexibility index (Phi) is 9.33. The van der Waals surface area contributed by atoms with Crippen molar-refractivity contribution in [2.75, 3.05) is 49.7 Å². The molecule has 2 aliphatic rings. The Morgan fingerprint density at radius 1 is 0.952 bits per heavy atom. The Balaban J connectivity index is 1.36. The van der Waals surface area contributed by atoms with Crippen molar-refractivity contribution < 1.29 is 23.9 Å². The highest BCUT2D eigenvalue weighted by atomic mass is 35.5. The van der Waals surface area contributed by atoms with Crippen LogP contribution in [0.25, 0.3) is 11.1 Å². The fourth-order valence-electron chi connectivity index (χ4n) is 5.13. The Morgan fingerprint density at radius 3 is 2.21 bits per heavy atom. The van der Waals surface area contributed by atoms with Gasteiger partial charge in [-0.15, -0.1) is 0 Å². The van der Waals surface area contributed by atoms with E-state index >= 15 is 0 Å². The van der Waals surface area contributed by atoms with Crippen molar-refractivity contribution in [1.82, 2.24) is 10.2 Å². The third-order valence-electron chi connectivity index (χ3n) is 7.36. The van der Waals surface area contributed by atoms with Crippen LogP contribution in [0.2, 0.25) is 10.0 Å². The van der Waals surface area contributed by atoms with Gasteiger partial charge in [0.25, 0.3) is 5.91 Å². The molecular weight excluding hydrogens is 579 g/mol. The van der Waals surface area contributed by atoms with E-state index in [1.54, 1.807) is 19.1 Å². The van der Waals surface area contributed by atoms with Gasteiger partial charge in [-0.25, -0.2) is 0 Å². The molecule has 3 aromatic rings. The summed E-state index contributed by atoms with van der Waals surface area (Å²) in [5.41, 5.74) is 4.08. The number of fused-ring (bicyclic) bond motifs is 1. The van der Waals surface area contributed by atoms with E-state index in [4.69, 9.17) is 32.7 Å². The molecule has 9 nitrogen and oxygen atoms in total. The van der Waals surface area contributed by atoms with E-state index in [0.29, 0.717) is 36.2 Å². The summed E-state index contributed by atoms with van der Waals surface area (Å²) in [6, 6.07) is 17.6. The molecule has 2 heterocycles. The van der Waals surface area contributed by atoms with Crippen molar-refractivity contribution in [2.24, 2.45) is 0 Å². The summed E-state index contributed by atoms with van der Waals surface area (Å²) in [5.74, 6) is -0.375. The lowest BCUT2D eigenvalue weighted by atomic mass is 9.99. The number of carbonyl (C=O) groups excluding carboxylic acids is 3. The summed E-state index contributed by atoms with van der Waals surface area (Å²) in [4.78, 5) is 41.6. The molecule has 220 valence electrons. The molecule has 0 radical (unpaired) electrons. The fraction of sp³-hybridized carbons (Fsp3) is 0.323. The number of hydrogen-bond donors (Lipinski definition) is 2. The van der Waals surface area contributed by atoms with Gasteiger partial charge in [0.15, 0.2) is 6.61 Å². The van der Waals surface area contributed by atoms with Gasteiger partial charge in [-0.1, -0.05) is 59.6 Å². The molecule has 0 saturated carbocycles. The van der Waals surface area contributed by atoms with Gasteiger partial charge in [-0.05, 0) is 41.8 Å². The minimum absolute atomic E-state index is 0.120. The standard InChI is InChI=1S/C31H32Cl2N4O5/c1-19(37-28-15-25(32)26(33)16-29(28)42-18-30(37)39)31(40)35-27(17-36-11-13-41-14-12-36)23-5-3-21(4-6-23)22-7-9-24(10-8-22)34-20(2)38/h3-10,15-16,19,27H,11-14,17-18H2,1-2H3,(H,34,38)(H,35,40). The second kappa shape index (κ2) is 13.1. The molecule has 1 fully saturated rings. The maximum atomic E-state index is 13.7. The number of hydrogen-bond acceptors (Lipinski definition) is 6. The summed E-state index contributed by atoms with van der Waals surface area (Å²) in [7, 11) is 0. The van der Waals surface area contributed by atoms with Crippen molar-refractivity contribution >= 4 is 52.3 Å². The quantitative estimate of drug-likeness (QED) is 0.375. The largest absolute Gasteiger partial charge is 0.482 e. The number of benzene rings is 3. The second-order valence-electron chi connectivity index (χ2n) is 10.3. The third-order valence-corrected chi connectivity index (χ3v) is 8.08. The van der Waals surface area contributed by atoms with Gasteiger partial charge in [0, 0.05) is 38.3 Å². The lowest BCUT2D eigenvalue weighted by Gasteiger charge is -2.35. The normalized spacial score (nSPS) is 16.7. The molecular formula is C31H32Cl2N4O5. The Bertz CT molecular complexity index is 1460. The van der Waals surface area contributed by atoms with E-state index in [1.807, 2.05) is 48.5 Å². The first-order chi connectivity index (χ1) is 20.2. The SMILES string of the molecule is CC(=O)Nc1ccc(-c2ccc(C(CN3CCOCC3)NC(=O)C(C)N3C(=O)COc4cc(Cl)c(Cl)cc43)cc2)cc1. The van der Waals surface area contributed by atoms with Gasteiger partial charge >= 0.3 is 0 Å². The van der Waals surface area contributed by atoms with Gasteiger partial charge in [0.05, 0.1) is 35.0 Å². The number of nitrogens with zero attached hydrogens (tertiary/aromatic N) is 2. The van der Waals surface area contributed by atoms with Crippen molar-refractivity contribution in [2.45, 2.75) is 25.9 Å². The smallest absolute Gasteiger partial charge is 0.265 e. The predicted octanol–water partition coefficient (Wildman–Crippen LogP) is 4.92. The number of carbonyl (C=O) groups is 3. The first-order valence-electron chi connectivity index (χ1n) is 13.7. The highest BCUT2D eigenvalue weighted by Crippen LogP contribution is 2.39. The van der Waals surface area contributed by atoms with Gasteiger partial charge in [-0.2, -0.15) is 0 Å². The van der Waals surface area contributed by atoms with E-state index in [-0.39, 0.29) is 35.4 Å². The summed E-state index contributed by atoms with van der Waals surface area (Å²) >= 11 is 12.4. The van der Waals surface area contributed by atoms with Gasteiger partial charge < -0.3 is 20.1 Å². The van der Waals surface area contributed by atoms with E-state index in [1.165, 1.54) is 11.8 Å².